The van der Waals surface area contributed by atoms with Crippen molar-refractivity contribution < 1.29 is 9.53 Å². The SMILES string of the molecule is Cc1ccc(NC(=O)NCCCOc2ccccc2C)c(Br)c1. The van der Waals surface area contributed by atoms with Gasteiger partial charge in [-0.15, -0.1) is 0 Å². The number of urea groups is 1. The molecule has 0 unspecified atom stereocenters. The highest BCUT2D eigenvalue weighted by molar-refractivity contribution is 9.10. The Labute approximate surface area is 145 Å². The van der Waals surface area contributed by atoms with Crippen LogP contribution in [-0.2, 0) is 0 Å². The number of amides is 2. The van der Waals surface area contributed by atoms with Gasteiger partial charge in [0.15, 0.2) is 0 Å². The number of anilines is 1. The van der Waals surface area contributed by atoms with Crippen LogP contribution in [-0.4, -0.2) is 19.2 Å². The van der Waals surface area contributed by atoms with Gasteiger partial charge in [0, 0.05) is 11.0 Å². The van der Waals surface area contributed by atoms with Gasteiger partial charge in [-0.05, 0) is 65.5 Å². The molecule has 0 saturated heterocycles. The summed E-state index contributed by atoms with van der Waals surface area (Å²) in [6.45, 7) is 5.14. The van der Waals surface area contributed by atoms with Crippen LogP contribution in [0.1, 0.15) is 17.5 Å². The van der Waals surface area contributed by atoms with Gasteiger partial charge in [0.25, 0.3) is 0 Å². The second-order valence-electron chi connectivity index (χ2n) is 5.33. The van der Waals surface area contributed by atoms with E-state index in [0.717, 1.165) is 33.5 Å². The number of nitrogens with one attached hydrogen (secondary N) is 2. The summed E-state index contributed by atoms with van der Waals surface area (Å²) in [7, 11) is 0. The van der Waals surface area contributed by atoms with E-state index in [4.69, 9.17) is 4.74 Å². The van der Waals surface area contributed by atoms with Gasteiger partial charge in [-0.2, -0.15) is 0 Å². The first-order chi connectivity index (χ1) is 11.1. The molecule has 0 aromatic heterocycles. The zero-order valence-electron chi connectivity index (χ0n) is 13.4. The number of benzene rings is 2. The van der Waals surface area contributed by atoms with E-state index in [1.165, 1.54) is 0 Å². The van der Waals surface area contributed by atoms with Gasteiger partial charge >= 0.3 is 6.03 Å². The molecule has 0 saturated carbocycles. The third-order valence-electron chi connectivity index (χ3n) is 3.33. The monoisotopic (exact) mass is 376 g/mol. The van der Waals surface area contributed by atoms with Crippen LogP contribution in [0.2, 0.25) is 0 Å². The van der Waals surface area contributed by atoms with Gasteiger partial charge < -0.3 is 15.4 Å². The number of hydrogen-bond donors (Lipinski definition) is 2. The van der Waals surface area contributed by atoms with Crippen molar-refractivity contribution in [1.29, 1.82) is 0 Å². The summed E-state index contributed by atoms with van der Waals surface area (Å²) >= 11 is 3.44. The van der Waals surface area contributed by atoms with Crippen LogP contribution in [0.4, 0.5) is 10.5 Å². The molecule has 5 heteroatoms. The van der Waals surface area contributed by atoms with E-state index in [1.807, 2.05) is 56.3 Å². The lowest BCUT2D eigenvalue weighted by molar-refractivity contribution is 0.250. The number of halogens is 1. The summed E-state index contributed by atoms with van der Waals surface area (Å²) in [6.07, 6.45) is 0.747. The Balaban J connectivity index is 1.68. The summed E-state index contributed by atoms with van der Waals surface area (Å²) in [6, 6.07) is 13.5. The molecule has 0 radical (unpaired) electrons. The quantitative estimate of drug-likeness (QED) is 0.720. The number of ether oxygens (including phenoxy) is 1. The number of para-hydroxylation sites is 1. The molecule has 122 valence electrons. The number of carbonyl (C=O) groups excluding carboxylic acids is 1. The van der Waals surface area contributed by atoms with Crippen LogP contribution in [0.3, 0.4) is 0 Å². The Morgan fingerprint density at radius 1 is 1.17 bits per heavy atom. The lowest BCUT2D eigenvalue weighted by Gasteiger charge is -2.11. The van der Waals surface area contributed by atoms with Gasteiger partial charge in [0.05, 0.1) is 12.3 Å². The van der Waals surface area contributed by atoms with Crippen molar-refractivity contribution in [2.75, 3.05) is 18.5 Å². The summed E-state index contributed by atoms with van der Waals surface area (Å²) in [5.41, 5.74) is 3.00. The molecule has 0 fully saturated rings. The summed E-state index contributed by atoms with van der Waals surface area (Å²) < 4.78 is 6.56. The van der Waals surface area contributed by atoms with E-state index in [9.17, 15) is 4.79 Å². The largest absolute Gasteiger partial charge is 0.493 e. The number of carbonyl (C=O) groups is 1. The fourth-order valence-electron chi connectivity index (χ4n) is 2.06. The summed E-state index contributed by atoms with van der Waals surface area (Å²) in [5, 5.41) is 5.64. The normalized spacial score (nSPS) is 10.2. The smallest absolute Gasteiger partial charge is 0.319 e. The Kier molecular flexibility index (Phi) is 6.47. The average Bonchev–Trinajstić information content (AvgIpc) is 2.51. The molecular formula is C18H21BrN2O2. The third kappa shape index (κ3) is 5.60. The molecule has 0 atom stereocenters. The maximum absolute atomic E-state index is 11.9. The lowest BCUT2D eigenvalue weighted by atomic mass is 10.2. The minimum Gasteiger partial charge on any atom is -0.493 e. The van der Waals surface area contributed by atoms with E-state index < -0.39 is 0 Å². The minimum absolute atomic E-state index is 0.217. The molecule has 2 rings (SSSR count). The summed E-state index contributed by atoms with van der Waals surface area (Å²) in [5.74, 6) is 0.889. The highest BCUT2D eigenvalue weighted by atomic mass is 79.9. The molecule has 4 nitrogen and oxygen atoms in total. The number of aryl methyl sites for hydroxylation is 2. The molecule has 0 bridgehead atoms. The van der Waals surface area contributed by atoms with Crippen LogP contribution in [0, 0.1) is 13.8 Å². The second kappa shape index (κ2) is 8.58. The number of hydrogen-bond acceptors (Lipinski definition) is 2. The Morgan fingerprint density at radius 3 is 2.70 bits per heavy atom. The van der Waals surface area contributed by atoms with Gasteiger partial charge in [-0.3, -0.25) is 0 Å². The Morgan fingerprint density at radius 2 is 1.96 bits per heavy atom. The molecule has 2 aromatic carbocycles. The maximum Gasteiger partial charge on any atom is 0.319 e. The van der Waals surface area contributed by atoms with E-state index in [2.05, 4.69) is 26.6 Å². The Bertz CT molecular complexity index is 674. The molecule has 23 heavy (non-hydrogen) atoms. The molecule has 2 amide bonds. The zero-order valence-corrected chi connectivity index (χ0v) is 14.9. The zero-order chi connectivity index (χ0) is 16.7. The second-order valence-corrected chi connectivity index (χ2v) is 6.19. The van der Waals surface area contributed by atoms with E-state index in [-0.39, 0.29) is 6.03 Å². The molecule has 2 N–H and O–H groups in total. The van der Waals surface area contributed by atoms with Crippen LogP contribution >= 0.6 is 15.9 Å². The van der Waals surface area contributed by atoms with Crippen LogP contribution < -0.4 is 15.4 Å². The summed E-state index contributed by atoms with van der Waals surface area (Å²) in [4.78, 5) is 11.9. The predicted octanol–water partition coefficient (Wildman–Crippen LogP) is 4.66. The molecule has 0 spiro atoms. The van der Waals surface area contributed by atoms with E-state index in [1.54, 1.807) is 0 Å². The average molecular weight is 377 g/mol. The van der Waals surface area contributed by atoms with Crippen molar-refractivity contribution in [3.05, 3.63) is 58.1 Å². The molecule has 0 aliphatic carbocycles. The highest BCUT2D eigenvalue weighted by Crippen LogP contribution is 2.23. The predicted molar refractivity (Wildman–Crippen MR) is 97.2 cm³/mol. The molecule has 0 aliphatic heterocycles. The first-order valence-electron chi connectivity index (χ1n) is 7.55. The first kappa shape index (κ1) is 17.3. The lowest BCUT2D eigenvalue weighted by Crippen LogP contribution is -2.30. The van der Waals surface area contributed by atoms with Gasteiger partial charge in [-0.1, -0.05) is 24.3 Å². The van der Waals surface area contributed by atoms with Crippen molar-refractivity contribution in [2.45, 2.75) is 20.3 Å². The van der Waals surface area contributed by atoms with Crippen molar-refractivity contribution >= 4 is 27.6 Å². The van der Waals surface area contributed by atoms with Gasteiger partial charge in [-0.25, -0.2) is 4.79 Å². The topological polar surface area (TPSA) is 50.4 Å². The van der Waals surface area contributed by atoms with Crippen LogP contribution in [0.5, 0.6) is 5.75 Å². The maximum atomic E-state index is 11.9. The highest BCUT2D eigenvalue weighted by Gasteiger charge is 2.05. The molecule has 0 aliphatic rings. The fourth-order valence-corrected chi connectivity index (χ4v) is 2.65. The molecule has 2 aromatic rings. The van der Waals surface area contributed by atoms with Crippen molar-refractivity contribution in [2.24, 2.45) is 0 Å². The van der Waals surface area contributed by atoms with Crippen LogP contribution in [0.25, 0.3) is 0 Å². The van der Waals surface area contributed by atoms with E-state index in [0.29, 0.717) is 13.2 Å². The van der Waals surface area contributed by atoms with Crippen molar-refractivity contribution in [3.63, 3.8) is 0 Å². The standard InChI is InChI=1S/C18H21BrN2O2/c1-13-8-9-16(15(19)12-13)21-18(22)20-10-5-11-23-17-7-4-3-6-14(17)2/h3-4,6-9,12H,5,10-11H2,1-2H3,(H2,20,21,22). The van der Waals surface area contributed by atoms with Crippen LogP contribution in [0.15, 0.2) is 46.9 Å². The first-order valence-corrected chi connectivity index (χ1v) is 8.35. The van der Waals surface area contributed by atoms with E-state index >= 15 is 0 Å². The van der Waals surface area contributed by atoms with Crippen molar-refractivity contribution in [3.8, 4) is 5.75 Å². The Hall–Kier alpha value is -2.01. The molecule has 0 heterocycles. The third-order valence-corrected chi connectivity index (χ3v) is 3.99. The van der Waals surface area contributed by atoms with Gasteiger partial charge in [0.2, 0.25) is 0 Å². The van der Waals surface area contributed by atoms with Gasteiger partial charge in [0.1, 0.15) is 5.75 Å². The minimum atomic E-state index is -0.217. The fraction of sp³-hybridized carbons (Fsp3) is 0.278. The number of rotatable bonds is 6. The molecular weight excluding hydrogens is 356 g/mol. The van der Waals surface area contributed by atoms with Crippen molar-refractivity contribution in [1.82, 2.24) is 5.32 Å².